The van der Waals surface area contributed by atoms with Gasteiger partial charge < -0.3 is 15.6 Å². The van der Waals surface area contributed by atoms with E-state index in [-0.39, 0.29) is 11.9 Å². The topological polar surface area (TPSA) is 96.2 Å². The molecule has 18 heavy (non-hydrogen) atoms. The lowest BCUT2D eigenvalue weighted by Crippen LogP contribution is -2.44. The van der Waals surface area contributed by atoms with Gasteiger partial charge in [-0.3, -0.25) is 4.79 Å². The van der Waals surface area contributed by atoms with Gasteiger partial charge in [0.15, 0.2) is 0 Å². The quantitative estimate of drug-likeness (QED) is 0.511. The van der Waals surface area contributed by atoms with Crippen LogP contribution in [0.1, 0.15) is 19.8 Å². The number of amides is 1. The van der Waals surface area contributed by atoms with Crippen molar-refractivity contribution in [3.63, 3.8) is 0 Å². The highest BCUT2D eigenvalue weighted by Gasteiger charge is 2.20. The number of nitrogens with zero attached hydrogens (tertiary/aromatic N) is 3. The highest BCUT2D eigenvalue weighted by molar-refractivity contribution is 5.73. The monoisotopic (exact) mass is 250 g/mol. The molecule has 7 nitrogen and oxygen atoms in total. The summed E-state index contributed by atoms with van der Waals surface area (Å²) in [6.07, 6.45) is 3.34. The van der Waals surface area contributed by atoms with E-state index in [1.807, 2.05) is 6.07 Å². The number of rotatable bonds is 3. The summed E-state index contributed by atoms with van der Waals surface area (Å²) >= 11 is 0. The Morgan fingerprint density at radius 1 is 1.44 bits per heavy atom. The van der Waals surface area contributed by atoms with Gasteiger partial charge >= 0.3 is 0 Å². The van der Waals surface area contributed by atoms with Crippen LogP contribution in [0.15, 0.2) is 12.4 Å². The average Bonchev–Trinajstić information content (AvgIpc) is 2.39. The standard InChI is InChI=1S/C11H18N6O/c1-8(18)15-9-2-4-17(5-3-9)11-6-10(16-12)13-7-14-11/h6-7,9H,2-5,12H2,1H3,(H,15,18)(H,13,14,16). The number of hydrogen-bond donors (Lipinski definition) is 3. The third-order valence-corrected chi connectivity index (χ3v) is 3.03. The molecule has 1 aliphatic heterocycles. The number of hydrazine groups is 1. The van der Waals surface area contributed by atoms with E-state index in [2.05, 4.69) is 25.6 Å². The van der Waals surface area contributed by atoms with Crippen LogP contribution in [0, 0.1) is 0 Å². The predicted octanol–water partition coefficient (Wildman–Crippen LogP) is -0.133. The van der Waals surface area contributed by atoms with Gasteiger partial charge in [-0.05, 0) is 12.8 Å². The molecule has 1 amide bonds. The molecule has 1 aliphatic rings. The van der Waals surface area contributed by atoms with Gasteiger partial charge in [0.25, 0.3) is 0 Å². The van der Waals surface area contributed by atoms with Gasteiger partial charge in [-0.2, -0.15) is 0 Å². The van der Waals surface area contributed by atoms with Crippen LogP contribution in [-0.4, -0.2) is 35.0 Å². The number of nitrogen functional groups attached to an aromatic ring is 1. The lowest BCUT2D eigenvalue weighted by atomic mass is 10.1. The molecule has 1 aromatic rings. The number of carbonyl (C=O) groups is 1. The molecule has 0 atom stereocenters. The lowest BCUT2D eigenvalue weighted by molar-refractivity contribution is -0.119. The normalized spacial score (nSPS) is 16.4. The summed E-state index contributed by atoms with van der Waals surface area (Å²) in [6.45, 7) is 3.29. The number of hydrogen-bond acceptors (Lipinski definition) is 6. The maximum absolute atomic E-state index is 11.0. The first-order chi connectivity index (χ1) is 8.69. The second-order valence-electron chi connectivity index (χ2n) is 4.37. The lowest BCUT2D eigenvalue weighted by Gasteiger charge is -2.32. The van der Waals surface area contributed by atoms with Crippen molar-refractivity contribution in [1.29, 1.82) is 0 Å². The molecule has 0 aromatic carbocycles. The van der Waals surface area contributed by atoms with Crippen LogP contribution >= 0.6 is 0 Å². The summed E-state index contributed by atoms with van der Waals surface area (Å²) in [6, 6.07) is 2.09. The van der Waals surface area contributed by atoms with Gasteiger partial charge in [0, 0.05) is 32.1 Å². The number of aromatic nitrogens is 2. The first kappa shape index (κ1) is 12.6. The van der Waals surface area contributed by atoms with E-state index in [1.54, 1.807) is 6.92 Å². The molecular weight excluding hydrogens is 232 g/mol. The van der Waals surface area contributed by atoms with Crippen molar-refractivity contribution in [3.8, 4) is 0 Å². The summed E-state index contributed by atoms with van der Waals surface area (Å²) in [5.74, 6) is 6.81. The van der Waals surface area contributed by atoms with Crippen molar-refractivity contribution < 1.29 is 4.79 Å². The van der Waals surface area contributed by atoms with Crippen molar-refractivity contribution >= 4 is 17.5 Å². The fourth-order valence-electron chi connectivity index (χ4n) is 2.14. The zero-order valence-electron chi connectivity index (χ0n) is 10.4. The molecule has 0 spiro atoms. The van der Waals surface area contributed by atoms with Gasteiger partial charge in [0.2, 0.25) is 5.91 Å². The van der Waals surface area contributed by atoms with Crippen LogP contribution in [0.3, 0.4) is 0 Å². The highest BCUT2D eigenvalue weighted by atomic mass is 16.1. The molecule has 0 unspecified atom stereocenters. The Hall–Kier alpha value is -1.89. The Labute approximate surface area is 106 Å². The molecule has 4 N–H and O–H groups in total. The maximum Gasteiger partial charge on any atom is 0.217 e. The smallest absolute Gasteiger partial charge is 0.217 e. The number of nitrogens with two attached hydrogens (primary N) is 1. The van der Waals surface area contributed by atoms with Crippen molar-refractivity contribution in [3.05, 3.63) is 12.4 Å². The SMILES string of the molecule is CC(=O)NC1CCN(c2cc(NN)ncn2)CC1. The van der Waals surface area contributed by atoms with Crippen LogP contribution in [0.2, 0.25) is 0 Å². The van der Waals surface area contributed by atoms with Gasteiger partial charge in [0.1, 0.15) is 18.0 Å². The molecule has 0 saturated carbocycles. The van der Waals surface area contributed by atoms with E-state index in [0.29, 0.717) is 5.82 Å². The van der Waals surface area contributed by atoms with Crippen LogP contribution in [0.4, 0.5) is 11.6 Å². The van der Waals surface area contributed by atoms with Crippen LogP contribution in [0.25, 0.3) is 0 Å². The van der Waals surface area contributed by atoms with Gasteiger partial charge in [-0.1, -0.05) is 0 Å². The Balaban J connectivity index is 1.94. The van der Waals surface area contributed by atoms with E-state index in [0.717, 1.165) is 31.7 Å². The molecule has 2 rings (SSSR count). The summed E-state index contributed by atoms with van der Waals surface area (Å²) < 4.78 is 0. The maximum atomic E-state index is 11.0. The molecular formula is C11H18N6O. The molecule has 0 bridgehead atoms. The first-order valence-corrected chi connectivity index (χ1v) is 5.99. The Morgan fingerprint density at radius 2 is 2.17 bits per heavy atom. The Kier molecular flexibility index (Phi) is 3.93. The molecule has 1 saturated heterocycles. The van der Waals surface area contributed by atoms with Crippen molar-refractivity contribution in [2.24, 2.45) is 5.84 Å². The summed E-state index contributed by atoms with van der Waals surface area (Å²) in [7, 11) is 0. The molecule has 0 radical (unpaired) electrons. The van der Waals surface area contributed by atoms with E-state index in [1.165, 1.54) is 6.33 Å². The largest absolute Gasteiger partial charge is 0.356 e. The van der Waals surface area contributed by atoms with Crippen molar-refractivity contribution in [2.45, 2.75) is 25.8 Å². The molecule has 2 heterocycles. The third kappa shape index (κ3) is 3.07. The van der Waals surface area contributed by atoms with E-state index >= 15 is 0 Å². The zero-order valence-corrected chi connectivity index (χ0v) is 10.4. The fourth-order valence-corrected chi connectivity index (χ4v) is 2.14. The van der Waals surface area contributed by atoms with Gasteiger partial charge in [-0.15, -0.1) is 0 Å². The number of nitrogens with one attached hydrogen (secondary N) is 2. The minimum absolute atomic E-state index is 0.0325. The van der Waals surface area contributed by atoms with Crippen molar-refractivity contribution in [1.82, 2.24) is 15.3 Å². The zero-order chi connectivity index (χ0) is 13.0. The minimum Gasteiger partial charge on any atom is -0.356 e. The van der Waals surface area contributed by atoms with Crippen molar-refractivity contribution in [2.75, 3.05) is 23.4 Å². The van der Waals surface area contributed by atoms with Crippen LogP contribution in [0.5, 0.6) is 0 Å². The fraction of sp³-hybridized carbons (Fsp3) is 0.545. The second-order valence-corrected chi connectivity index (χ2v) is 4.37. The first-order valence-electron chi connectivity index (χ1n) is 5.99. The number of piperidine rings is 1. The number of carbonyl (C=O) groups excluding carboxylic acids is 1. The highest BCUT2D eigenvalue weighted by Crippen LogP contribution is 2.19. The van der Waals surface area contributed by atoms with Gasteiger partial charge in [-0.25, -0.2) is 15.8 Å². The summed E-state index contributed by atoms with van der Waals surface area (Å²) in [4.78, 5) is 21.4. The molecule has 98 valence electrons. The molecule has 1 fully saturated rings. The second kappa shape index (κ2) is 5.63. The number of anilines is 2. The van der Waals surface area contributed by atoms with Crippen LogP contribution in [-0.2, 0) is 4.79 Å². The summed E-state index contributed by atoms with van der Waals surface area (Å²) in [5.41, 5.74) is 2.51. The third-order valence-electron chi connectivity index (χ3n) is 3.03. The van der Waals surface area contributed by atoms with Gasteiger partial charge in [0.05, 0.1) is 0 Å². The summed E-state index contributed by atoms with van der Waals surface area (Å²) in [5, 5.41) is 2.95. The average molecular weight is 250 g/mol. The van der Waals surface area contributed by atoms with E-state index in [9.17, 15) is 4.79 Å². The molecule has 7 heteroatoms. The Morgan fingerprint density at radius 3 is 2.78 bits per heavy atom. The van der Waals surface area contributed by atoms with E-state index in [4.69, 9.17) is 5.84 Å². The van der Waals surface area contributed by atoms with E-state index < -0.39 is 0 Å². The van der Waals surface area contributed by atoms with Crippen LogP contribution < -0.4 is 21.5 Å². The molecule has 1 aromatic heterocycles. The minimum atomic E-state index is 0.0325. The Bertz CT molecular complexity index is 416. The molecule has 0 aliphatic carbocycles. The predicted molar refractivity (Wildman–Crippen MR) is 68.9 cm³/mol.